The van der Waals surface area contributed by atoms with Crippen LogP contribution in [0.4, 0.5) is 0 Å². The van der Waals surface area contributed by atoms with Gasteiger partial charge in [0.2, 0.25) is 15.9 Å². The Bertz CT molecular complexity index is 710. The summed E-state index contributed by atoms with van der Waals surface area (Å²) in [4.78, 5) is 16.1. The predicted molar refractivity (Wildman–Crippen MR) is 96.7 cm³/mol. The molecule has 25 heavy (non-hydrogen) atoms. The molecule has 2 saturated heterocycles. The van der Waals surface area contributed by atoms with E-state index in [4.69, 9.17) is 0 Å². The molecule has 0 bridgehead atoms. The lowest BCUT2D eigenvalue weighted by Crippen LogP contribution is -2.51. The van der Waals surface area contributed by atoms with Crippen molar-refractivity contribution in [3.8, 4) is 0 Å². The first-order valence-corrected chi connectivity index (χ1v) is 10.3. The molecule has 138 valence electrons. The van der Waals surface area contributed by atoms with Gasteiger partial charge in [0.05, 0.1) is 4.90 Å². The van der Waals surface area contributed by atoms with Crippen molar-refractivity contribution in [1.82, 2.24) is 14.1 Å². The normalized spacial score (nSPS) is 23.8. The fourth-order valence-corrected chi connectivity index (χ4v) is 5.05. The number of rotatable bonds is 4. The van der Waals surface area contributed by atoms with Crippen LogP contribution in [-0.4, -0.2) is 74.7 Å². The van der Waals surface area contributed by atoms with E-state index in [1.165, 1.54) is 0 Å². The first kappa shape index (κ1) is 18.4. The highest BCUT2D eigenvalue weighted by Gasteiger charge is 2.30. The van der Waals surface area contributed by atoms with Gasteiger partial charge >= 0.3 is 0 Å². The monoisotopic (exact) mass is 365 g/mol. The van der Waals surface area contributed by atoms with Gasteiger partial charge in [-0.25, -0.2) is 8.42 Å². The van der Waals surface area contributed by atoms with Crippen molar-refractivity contribution in [2.45, 2.75) is 24.7 Å². The number of amides is 1. The summed E-state index contributed by atoms with van der Waals surface area (Å²) in [6.45, 7) is 6.25. The average molecular weight is 365 g/mol. The number of aryl methyl sites for hydroxylation is 1. The van der Waals surface area contributed by atoms with Crippen LogP contribution in [0.5, 0.6) is 0 Å². The highest BCUT2D eigenvalue weighted by molar-refractivity contribution is 7.89. The highest BCUT2D eigenvalue weighted by atomic mass is 32.2. The van der Waals surface area contributed by atoms with Crippen molar-refractivity contribution in [2.24, 2.45) is 5.92 Å². The number of sulfonamides is 1. The molecule has 2 aliphatic rings. The second-order valence-corrected chi connectivity index (χ2v) is 9.13. The average Bonchev–Trinajstić information content (AvgIpc) is 2.59. The second-order valence-electron chi connectivity index (χ2n) is 7.20. The van der Waals surface area contributed by atoms with Gasteiger partial charge in [-0.05, 0) is 31.4 Å². The summed E-state index contributed by atoms with van der Waals surface area (Å²) in [6, 6.07) is 7.05. The number of benzene rings is 1. The van der Waals surface area contributed by atoms with Gasteiger partial charge in [0.1, 0.15) is 0 Å². The third-order valence-corrected chi connectivity index (χ3v) is 7.14. The van der Waals surface area contributed by atoms with E-state index in [2.05, 4.69) is 4.90 Å². The standard InChI is InChI=1S/C18H27N3O3S/c1-15-3-6-17(7-4-15)25(23,24)21-11-9-20(10-12-21)14-16-5-8-18(22)19(2)13-16/h3-4,6-7,16H,5,8-14H2,1-2H3. The smallest absolute Gasteiger partial charge is 0.243 e. The van der Waals surface area contributed by atoms with Crippen LogP contribution in [0, 0.1) is 12.8 Å². The highest BCUT2D eigenvalue weighted by Crippen LogP contribution is 2.21. The Morgan fingerprint density at radius 3 is 2.32 bits per heavy atom. The first-order valence-electron chi connectivity index (χ1n) is 8.89. The molecule has 0 aromatic heterocycles. The van der Waals surface area contributed by atoms with Gasteiger partial charge in [-0.3, -0.25) is 4.79 Å². The number of hydrogen-bond donors (Lipinski definition) is 0. The number of carbonyl (C=O) groups is 1. The van der Waals surface area contributed by atoms with E-state index in [1.807, 2.05) is 31.0 Å². The fourth-order valence-electron chi connectivity index (χ4n) is 3.62. The Kier molecular flexibility index (Phi) is 5.46. The van der Waals surface area contributed by atoms with E-state index in [0.717, 1.165) is 38.2 Å². The molecule has 2 heterocycles. The van der Waals surface area contributed by atoms with E-state index >= 15 is 0 Å². The lowest BCUT2D eigenvalue weighted by molar-refractivity contribution is -0.133. The number of piperidine rings is 1. The van der Waals surface area contributed by atoms with Crippen molar-refractivity contribution in [3.05, 3.63) is 29.8 Å². The Morgan fingerprint density at radius 1 is 1.08 bits per heavy atom. The van der Waals surface area contributed by atoms with Crippen LogP contribution >= 0.6 is 0 Å². The number of carbonyl (C=O) groups excluding carboxylic acids is 1. The number of nitrogens with zero attached hydrogens (tertiary/aromatic N) is 3. The molecule has 2 aliphatic heterocycles. The molecule has 1 unspecified atom stereocenters. The number of hydrogen-bond acceptors (Lipinski definition) is 4. The van der Waals surface area contributed by atoms with Crippen LogP contribution in [0.1, 0.15) is 18.4 Å². The van der Waals surface area contributed by atoms with Crippen LogP contribution in [0.25, 0.3) is 0 Å². The molecule has 3 rings (SSSR count). The lowest BCUT2D eigenvalue weighted by atomic mass is 9.97. The van der Waals surface area contributed by atoms with Gasteiger partial charge in [-0.2, -0.15) is 4.31 Å². The quantitative estimate of drug-likeness (QED) is 0.804. The maximum atomic E-state index is 12.7. The zero-order valence-corrected chi connectivity index (χ0v) is 15.8. The summed E-state index contributed by atoms with van der Waals surface area (Å²) in [5.41, 5.74) is 1.06. The minimum absolute atomic E-state index is 0.227. The molecule has 2 fully saturated rings. The fraction of sp³-hybridized carbons (Fsp3) is 0.611. The Hall–Kier alpha value is -1.44. The summed E-state index contributed by atoms with van der Waals surface area (Å²) in [7, 11) is -1.54. The number of likely N-dealkylation sites (tertiary alicyclic amines) is 1. The SMILES string of the molecule is Cc1ccc(S(=O)(=O)N2CCN(CC3CCC(=O)N(C)C3)CC2)cc1. The van der Waals surface area contributed by atoms with Crippen molar-refractivity contribution >= 4 is 15.9 Å². The van der Waals surface area contributed by atoms with Crippen molar-refractivity contribution < 1.29 is 13.2 Å². The second kappa shape index (κ2) is 7.43. The van der Waals surface area contributed by atoms with Crippen LogP contribution in [-0.2, 0) is 14.8 Å². The largest absolute Gasteiger partial charge is 0.345 e. The third-order valence-electron chi connectivity index (χ3n) is 5.23. The number of piperazine rings is 1. The van der Waals surface area contributed by atoms with Crippen molar-refractivity contribution in [3.63, 3.8) is 0 Å². The van der Waals surface area contributed by atoms with Gasteiger partial charge < -0.3 is 9.80 Å². The summed E-state index contributed by atoms with van der Waals surface area (Å²) < 4.78 is 27.1. The van der Waals surface area contributed by atoms with E-state index in [0.29, 0.717) is 30.3 Å². The molecule has 1 aromatic carbocycles. The topological polar surface area (TPSA) is 60.9 Å². The Labute approximate surface area is 150 Å². The lowest BCUT2D eigenvalue weighted by Gasteiger charge is -2.38. The van der Waals surface area contributed by atoms with Crippen molar-refractivity contribution in [2.75, 3.05) is 46.3 Å². The molecular formula is C18H27N3O3S. The maximum absolute atomic E-state index is 12.7. The van der Waals surface area contributed by atoms with Gasteiger partial charge in [-0.1, -0.05) is 17.7 Å². The molecule has 1 amide bonds. The van der Waals surface area contributed by atoms with E-state index in [1.54, 1.807) is 16.4 Å². The summed E-state index contributed by atoms with van der Waals surface area (Å²) in [6.07, 6.45) is 1.56. The molecule has 6 nitrogen and oxygen atoms in total. The Balaban J connectivity index is 1.55. The molecule has 0 saturated carbocycles. The summed E-state index contributed by atoms with van der Waals surface area (Å²) in [5, 5.41) is 0. The molecule has 0 N–H and O–H groups in total. The van der Waals surface area contributed by atoms with Gasteiger partial charge in [0.25, 0.3) is 0 Å². The van der Waals surface area contributed by atoms with Gasteiger partial charge in [0, 0.05) is 52.7 Å². The molecule has 0 aliphatic carbocycles. The zero-order valence-electron chi connectivity index (χ0n) is 15.0. The minimum atomic E-state index is -3.40. The van der Waals surface area contributed by atoms with Gasteiger partial charge in [-0.15, -0.1) is 0 Å². The Morgan fingerprint density at radius 2 is 1.72 bits per heavy atom. The van der Waals surface area contributed by atoms with Gasteiger partial charge in [0.15, 0.2) is 0 Å². The molecule has 1 atom stereocenters. The summed E-state index contributed by atoms with van der Waals surface area (Å²) >= 11 is 0. The molecule has 0 spiro atoms. The maximum Gasteiger partial charge on any atom is 0.243 e. The van der Waals surface area contributed by atoms with Crippen LogP contribution in [0.15, 0.2) is 29.2 Å². The molecule has 0 radical (unpaired) electrons. The minimum Gasteiger partial charge on any atom is -0.345 e. The van der Waals surface area contributed by atoms with Crippen LogP contribution in [0.3, 0.4) is 0 Å². The van der Waals surface area contributed by atoms with E-state index in [-0.39, 0.29) is 5.91 Å². The first-order chi connectivity index (χ1) is 11.9. The third kappa shape index (κ3) is 4.22. The van der Waals surface area contributed by atoms with E-state index < -0.39 is 10.0 Å². The van der Waals surface area contributed by atoms with Crippen molar-refractivity contribution in [1.29, 1.82) is 0 Å². The van der Waals surface area contributed by atoms with Crippen LogP contribution in [0.2, 0.25) is 0 Å². The van der Waals surface area contributed by atoms with Crippen LogP contribution < -0.4 is 0 Å². The molecule has 1 aromatic rings. The van der Waals surface area contributed by atoms with E-state index in [9.17, 15) is 13.2 Å². The molecular weight excluding hydrogens is 338 g/mol. The zero-order chi connectivity index (χ0) is 18.0. The predicted octanol–water partition coefficient (Wildman–Crippen LogP) is 1.17. The summed E-state index contributed by atoms with van der Waals surface area (Å²) in [5.74, 6) is 0.716. The molecule has 7 heteroatoms.